The van der Waals surface area contributed by atoms with Gasteiger partial charge in [-0.1, -0.05) is 45.0 Å². The van der Waals surface area contributed by atoms with Crippen molar-refractivity contribution in [1.82, 2.24) is 9.13 Å². The van der Waals surface area contributed by atoms with Crippen LogP contribution in [0.25, 0.3) is 0 Å². The van der Waals surface area contributed by atoms with E-state index < -0.39 is 9.12 Å². The Morgan fingerprint density at radius 2 is 1.35 bits per heavy atom. The van der Waals surface area contributed by atoms with Gasteiger partial charge in [-0.25, -0.2) is 0 Å². The third-order valence-corrected chi connectivity index (χ3v) is 5.44. The lowest BCUT2D eigenvalue weighted by atomic mass is 9.87. The highest BCUT2D eigenvalue weighted by atomic mass is 28.3. The van der Waals surface area contributed by atoms with Crippen LogP contribution in [0.4, 0.5) is 0 Å². The fourth-order valence-corrected chi connectivity index (χ4v) is 4.92. The van der Waals surface area contributed by atoms with Gasteiger partial charge in [0.05, 0.1) is 0 Å². The van der Waals surface area contributed by atoms with E-state index in [1.54, 1.807) is 0 Å². The first-order chi connectivity index (χ1) is 7.75. The van der Waals surface area contributed by atoms with Crippen molar-refractivity contribution >= 4 is 14.3 Å². The lowest BCUT2D eigenvalue weighted by Gasteiger charge is -2.32. The molecule has 0 unspecified atom stereocenters. The van der Waals surface area contributed by atoms with E-state index >= 15 is 0 Å². The summed E-state index contributed by atoms with van der Waals surface area (Å²) >= 11 is 0. The summed E-state index contributed by atoms with van der Waals surface area (Å²) in [6.07, 6.45) is 0. The van der Waals surface area contributed by atoms with Crippen molar-refractivity contribution in [2.75, 3.05) is 28.2 Å². The monoisotopic (exact) mass is 249 g/mol. The fraction of sp³-hybridized carbons (Fsp3) is 0.571. The van der Waals surface area contributed by atoms with Crippen LogP contribution in [0.15, 0.2) is 24.3 Å². The summed E-state index contributed by atoms with van der Waals surface area (Å²) in [5, 5.41) is 1.50. The van der Waals surface area contributed by atoms with Gasteiger partial charge in [0.1, 0.15) is 0 Å². The first-order valence-electron chi connectivity index (χ1n) is 6.06. The maximum atomic E-state index is 2.36. The summed E-state index contributed by atoms with van der Waals surface area (Å²) in [6.45, 7) is 6.86. The molecule has 0 heterocycles. The standard InChI is InChI=1S/C14H25N2Si/c1-14(2,3)12-10-8-9-11-13(12)17(15(4)5)16(6)7/h8-11H,1-7H3. The van der Waals surface area contributed by atoms with E-state index in [1.807, 2.05) is 0 Å². The lowest BCUT2D eigenvalue weighted by Crippen LogP contribution is -2.56. The molecule has 1 aromatic rings. The van der Waals surface area contributed by atoms with Crippen LogP contribution in [-0.2, 0) is 5.41 Å². The molecule has 1 rings (SSSR count). The Labute approximate surface area is 108 Å². The minimum Gasteiger partial charge on any atom is -0.314 e. The van der Waals surface area contributed by atoms with Crippen molar-refractivity contribution in [3.05, 3.63) is 29.8 Å². The van der Waals surface area contributed by atoms with Crippen molar-refractivity contribution in [2.45, 2.75) is 26.2 Å². The molecule has 17 heavy (non-hydrogen) atoms. The minimum absolute atomic E-state index is 0.207. The number of nitrogens with zero attached hydrogens (tertiary/aromatic N) is 2. The van der Waals surface area contributed by atoms with Crippen molar-refractivity contribution in [1.29, 1.82) is 0 Å². The molecule has 0 N–H and O–H groups in total. The molecule has 0 bridgehead atoms. The molecule has 0 aliphatic heterocycles. The van der Waals surface area contributed by atoms with Crippen molar-refractivity contribution in [3.8, 4) is 0 Å². The van der Waals surface area contributed by atoms with Crippen molar-refractivity contribution < 1.29 is 0 Å². The van der Waals surface area contributed by atoms with E-state index in [0.29, 0.717) is 0 Å². The molecule has 1 radical (unpaired) electrons. The maximum absolute atomic E-state index is 2.36. The topological polar surface area (TPSA) is 6.48 Å². The van der Waals surface area contributed by atoms with E-state index in [-0.39, 0.29) is 5.41 Å². The molecule has 0 aliphatic carbocycles. The van der Waals surface area contributed by atoms with Gasteiger partial charge in [0.2, 0.25) is 0 Å². The van der Waals surface area contributed by atoms with Crippen LogP contribution in [0.5, 0.6) is 0 Å². The average Bonchev–Trinajstić information content (AvgIpc) is 2.15. The third-order valence-electron chi connectivity index (χ3n) is 2.82. The van der Waals surface area contributed by atoms with E-state index in [4.69, 9.17) is 0 Å². The normalized spacial score (nSPS) is 12.8. The summed E-state index contributed by atoms with van der Waals surface area (Å²) in [7, 11) is 7.90. The summed E-state index contributed by atoms with van der Waals surface area (Å²) in [5.74, 6) is 0. The van der Waals surface area contributed by atoms with Gasteiger partial charge in [0.25, 0.3) is 9.12 Å². The molecule has 1 aromatic carbocycles. The highest BCUT2D eigenvalue weighted by Crippen LogP contribution is 2.21. The number of hydrogen-bond donors (Lipinski definition) is 0. The Morgan fingerprint density at radius 3 is 1.76 bits per heavy atom. The molecule has 3 heteroatoms. The Bertz CT molecular complexity index is 359. The fourth-order valence-electron chi connectivity index (χ4n) is 2.21. The van der Waals surface area contributed by atoms with Crippen LogP contribution in [0.3, 0.4) is 0 Å². The number of hydrogen-bond acceptors (Lipinski definition) is 2. The maximum Gasteiger partial charge on any atom is 0.266 e. The van der Waals surface area contributed by atoms with Crippen LogP contribution < -0.4 is 5.19 Å². The molecule has 2 nitrogen and oxygen atoms in total. The molecule has 0 spiro atoms. The van der Waals surface area contributed by atoms with Crippen molar-refractivity contribution in [3.63, 3.8) is 0 Å². The molecule has 0 fully saturated rings. The molecular weight excluding hydrogens is 224 g/mol. The molecule has 0 saturated carbocycles. The molecule has 0 atom stereocenters. The van der Waals surface area contributed by atoms with Crippen LogP contribution in [-0.4, -0.2) is 46.4 Å². The van der Waals surface area contributed by atoms with Gasteiger partial charge in [-0.05, 0) is 44.4 Å². The van der Waals surface area contributed by atoms with Crippen LogP contribution in [0.2, 0.25) is 0 Å². The Morgan fingerprint density at radius 1 is 0.882 bits per heavy atom. The first kappa shape index (κ1) is 14.4. The van der Waals surface area contributed by atoms with Crippen molar-refractivity contribution in [2.24, 2.45) is 0 Å². The second kappa shape index (κ2) is 5.34. The SMILES string of the molecule is CN(C)[Si](c1ccccc1C(C)(C)C)N(C)C. The summed E-state index contributed by atoms with van der Waals surface area (Å²) in [6, 6.07) is 8.86. The smallest absolute Gasteiger partial charge is 0.266 e. The van der Waals surface area contributed by atoms with Gasteiger partial charge in [-0.3, -0.25) is 0 Å². The zero-order valence-electron chi connectivity index (χ0n) is 12.2. The number of benzene rings is 1. The second-order valence-corrected chi connectivity index (χ2v) is 8.88. The molecule has 0 amide bonds. The van der Waals surface area contributed by atoms with Gasteiger partial charge in [-0.2, -0.15) is 0 Å². The Kier molecular flexibility index (Phi) is 4.53. The van der Waals surface area contributed by atoms with Gasteiger partial charge >= 0.3 is 0 Å². The molecule has 0 aliphatic rings. The highest BCUT2D eigenvalue weighted by molar-refractivity contribution is 6.68. The van der Waals surface area contributed by atoms with E-state index in [0.717, 1.165) is 0 Å². The van der Waals surface area contributed by atoms with Crippen LogP contribution in [0.1, 0.15) is 26.3 Å². The Balaban J connectivity index is 3.29. The van der Waals surface area contributed by atoms with Gasteiger partial charge in [0, 0.05) is 0 Å². The molecule has 0 aromatic heterocycles. The zero-order valence-corrected chi connectivity index (χ0v) is 13.2. The third kappa shape index (κ3) is 3.41. The predicted octanol–water partition coefficient (Wildman–Crippen LogP) is 1.80. The quantitative estimate of drug-likeness (QED) is 0.754. The van der Waals surface area contributed by atoms with E-state index in [2.05, 4.69) is 82.4 Å². The summed E-state index contributed by atoms with van der Waals surface area (Å²) < 4.78 is 4.71. The van der Waals surface area contributed by atoms with Gasteiger partial charge in [0.15, 0.2) is 0 Å². The summed E-state index contributed by atoms with van der Waals surface area (Å²) in [4.78, 5) is 0. The van der Waals surface area contributed by atoms with Crippen LogP contribution >= 0.6 is 0 Å². The predicted molar refractivity (Wildman–Crippen MR) is 77.9 cm³/mol. The molecular formula is C14H25N2Si. The molecule has 95 valence electrons. The Hall–Kier alpha value is -0.643. The van der Waals surface area contributed by atoms with Crippen LogP contribution in [0, 0.1) is 0 Å². The largest absolute Gasteiger partial charge is 0.314 e. The summed E-state index contributed by atoms with van der Waals surface area (Å²) in [5.41, 5.74) is 1.68. The highest BCUT2D eigenvalue weighted by Gasteiger charge is 2.27. The zero-order chi connectivity index (χ0) is 13.2. The minimum atomic E-state index is -0.802. The van der Waals surface area contributed by atoms with Gasteiger partial charge < -0.3 is 9.13 Å². The molecule has 0 saturated heterocycles. The average molecular weight is 249 g/mol. The number of rotatable bonds is 3. The second-order valence-electron chi connectivity index (χ2n) is 5.91. The van der Waals surface area contributed by atoms with E-state index in [1.165, 1.54) is 10.8 Å². The van der Waals surface area contributed by atoms with Gasteiger partial charge in [-0.15, -0.1) is 0 Å². The van der Waals surface area contributed by atoms with E-state index in [9.17, 15) is 0 Å². The first-order valence-corrected chi connectivity index (χ1v) is 7.46. The lowest BCUT2D eigenvalue weighted by molar-refractivity contribution is 0.527.